The minimum absolute atomic E-state index is 0. The molecule has 0 heterocycles. The van der Waals surface area contributed by atoms with Crippen molar-refractivity contribution in [1.82, 2.24) is 0 Å². The Morgan fingerprint density at radius 1 is 0.706 bits per heavy atom. The lowest BCUT2D eigenvalue weighted by Gasteiger charge is -2.34. The summed E-state index contributed by atoms with van der Waals surface area (Å²) >= 11 is 0. The second-order valence-electron chi connectivity index (χ2n) is 4.39. The molecule has 0 atom stereocenters. The van der Waals surface area contributed by atoms with Gasteiger partial charge < -0.3 is 15.1 Å². The summed E-state index contributed by atoms with van der Waals surface area (Å²) in [4.78, 5) is 0. The quantitative estimate of drug-likeness (QED) is 0.530. The van der Waals surface area contributed by atoms with Gasteiger partial charge in [0.05, 0.1) is 26.2 Å². The summed E-state index contributed by atoms with van der Waals surface area (Å²) in [6.45, 7) is 16.7. The molecule has 0 fully saturated rings. The molecular formula is C14H35NO2. The first kappa shape index (κ1) is 22.1. The Kier molecular flexibility index (Phi) is 20.6. The van der Waals surface area contributed by atoms with Crippen LogP contribution in [0.3, 0.4) is 0 Å². The Bertz CT molecular complexity index is 104. The second-order valence-corrected chi connectivity index (χ2v) is 4.39. The molecule has 2 N–H and O–H groups in total. The molecule has 108 valence electrons. The topological polar surface area (TPSA) is 50.2 Å². The summed E-state index contributed by atoms with van der Waals surface area (Å²) < 4.78 is 1.28. The van der Waals surface area contributed by atoms with Gasteiger partial charge in [-0.15, -0.1) is 0 Å². The van der Waals surface area contributed by atoms with Gasteiger partial charge in [-0.3, -0.25) is 0 Å². The highest BCUT2D eigenvalue weighted by atomic mass is 16.2. The van der Waals surface area contributed by atoms with Gasteiger partial charge in [0.1, 0.15) is 0 Å². The molecule has 0 aliphatic rings. The summed E-state index contributed by atoms with van der Waals surface area (Å²) in [5.41, 5.74) is 0. The van der Waals surface area contributed by atoms with Gasteiger partial charge in [0.15, 0.2) is 0 Å². The molecule has 0 bridgehead atoms. The van der Waals surface area contributed by atoms with Crippen LogP contribution in [0.4, 0.5) is 0 Å². The lowest BCUT2D eigenvalue weighted by molar-refractivity contribution is -0.921. The molecule has 3 heteroatoms. The van der Waals surface area contributed by atoms with Crippen molar-refractivity contribution in [3.05, 3.63) is 0 Å². The van der Waals surface area contributed by atoms with Crippen molar-refractivity contribution in [1.29, 1.82) is 0 Å². The Morgan fingerprint density at radius 2 is 1.12 bits per heavy atom. The van der Waals surface area contributed by atoms with Gasteiger partial charge in [-0.05, 0) is 34.1 Å². The van der Waals surface area contributed by atoms with E-state index >= 15 is 0 Å². The van der Waals surface area contributed by atoms with Gasteiger partial charge in [-0.2, -0.15) is 0 Å². The molecule has 0 rings (SSSR count). The molecule has 3 nitrogen and oxygen atoms in total. The maximum atomic E-state index is 8.29. The van der Waals surface area contributed by atoms with Gasteiger partial charge >= 0.3 is 0 Å². The smallest absolute Gasteiger partial charge is 0.0757 e. The van der Waals surface area contributed by atoms with Crippen LogP contribution in [0.15, 0.2) is 0 Å². The molecule has 0 aromatic rings. The van der Waals surface area contributed by atoms with Gasteiger partial charge in [0.2, 0.25) is 0 Å². The van der Waals surface area contributed by atoms with Crippen molar-refractivity contribution in [2.75, 3.05) is 32.8 Å². The summed E-state index contributed by atoms with van der Waals surface area (Å²) in [6.07, 6.45) is 4.68. The highest BCUT2D eigenvalue weighted by molar-refractivity contribution is 4.35. The summed E-state index contributed by atoms with van der Waals surface area (Å²) in [5, 5.41) is 8.29. The van der Waals surface area contributed by atoms with Crippen molar-refractivity contribution in [2.24, 2.45) is 0 Å². The third-order valence-electron chi connectivity index (χ3n) is 3.69. The normalized spacial score (nSPS) is 10.2. The van der Waals surface area contributed by atoms with Gasteiger partial charge in [0.25, 0.3) is 0 Å². The highest BCUT2D eigenvalue weighted by Gasteiger charge is 2.16. The first-order valence-electron chi connectivity index (χ1n) is 7.12. The van der Waals surface area contributed by atoms with Gasteiger partial charge in [0, 0.05) is 6.61 Å². The van der Waals surface area contributed by atoms with Crippen LogP contribution in [0, 0.1) is 0 Å². The number of quaternary nitrogens is 1. The fourth-order valence-corrected chi connectivity index (χ4v) is 1.88. The number of unbranched alkanes of at least 4 members (excludes halogenated alkanes) is 3. The first-order chi connectivity index (χ1) is 7.66. The highest BCUT2D eigenvalue weighted by Crippen LogP contribution is 2.03. The average molecular weight is 249 g/mol. The Hall–Kier alpha value is -0.120. The number of hydrogen-bond donors (Lipinski definition) is 1. The Morgan fingerprint density at radius 3 is 1.29 bits per heavy atom. The third-order valence-corrected chi connectivity index (χ3v) is 3.69. The van der Waals surface area contributed by atoms with Gasteiger partial charge in [-0.25, -0.2) is 0 Å². The molecule has 0 amide bonds. The van der Waals surface area contributed by atoms with Crippen LogP contribution in [0.1, 0.15) is 60.3 Å². The number of nitrogens with zero attached hydrogens (tertiary/aromatic N) is 1. The van der Waals surface area contributed by atoms with Crippen molar-refractivity contribution in [2.45, 2.75) is 60.3 Å². The Labute approximate surface area is 109 Å². The van der Waals surface area contributed by atoms with Crippen molar-refractivity contribution < 1.29 is 15.1 Å². The fourth-order valence-electron chi connectivity index (χ4n) is 1.88. The lowest BCUT2D eigenvalue weighted by atomic mass is 10.2. The van der Waals surface area contributed by atoms with E-state index in [-0.39, 0.29) is 5.48 Å². The zero-order valence-electron chi connectivity index (χ0n) is 12.7. The van der Waals surface area contributed by atoms with Crippen LogP contribution < -0.4 is 0 Å². The van der Waals surface area contributed by atoms with E-state index in [0.717, 1.165) is 6.42 Å². The number of rotatable bonds is 8. The van der Waals surface area contributed by atoms with E-state index in [4.69, 9.17) is 5.11 Å². The first-order valence-corrected chi connectivity index (χ1v) is 7.12. The maximum Gasteiger partial charge on any atom is 0.0757 e. The summed E-state index contributed by atoms with van der Waals surface area (Å²) in [5.74, 6) is 0. The Balaban J connectivity index is -0.000000224. The van der Waals surface area contributed by atoms with E-state index < -0.39 is 0 Å². The molecule has 0 aliphatic heterocycles. The SMILES string of the molecule is CCCCCCO.CC[N+](CC)(CC)CC.[OH-]. The molecule has 0 unspecified atom stereocenters. The van der Waals surface area contributed by atoms with Crippen LogP contribution in [0.5, 0.6) is 0 Å². The predicted octanol–water partition coefficient (Wildman–Crippen LogP) is 3.27. The predicted molar refractivity (Wildman–Crippen MR) is 75.6 cm³/mol. The van der Waals surface area contributed by atoms with Crippen molar-refractivity contribution >= 4 is 0 Å². The van der Waals surface area contributed by atoms with E-state index in [1.807, 2.05) is 0 Å². The van der Waals surface area contributed by atoms with Crippen molar-refractivity contribution in [3.63, 3.8) is 0 Å². The number of aliphatic hydroxyl groups excluding tert-OH is 1. The van der Waals surface area contributed by atoms with E-state index in [1.165, 1.54) is 49.9 Å². The van der Waals surface area contributed by atoms with Gasteiger partial charge in [-0.1, -0.05) is 26.2 Å². The van der Waals surface area contributed by atoms with E-state index in [2.05, 4.69) is 34.6 Å². The fraction of sp³-hybridized carbons (Fsp3) is 1.00. The monoisotopic (exact) mass is 249 g/mol. The zero-order valence-corrected chi connectivity index (χ0v) is 12.7. The largest absolute Gasteiger partial charge is 0.870 e. The zero-order chi connectivity index (χ0) is 12.9. The van der Waals surface area contributed by atoms with Crippen molar-refractivity contribution in [3.8, 4) is 0 Å². The molecule has 0 aliphatic carbocycles. The average Bonchev–Trinajstić information content (AvgIpc) is 2.34. The standard InChI is InChI=1S/C8H20N.C6H14O.H2O/c1-5-9(6-2,7-3)8-4;1-2-3-4-5-6-7;/h5-8H2,1-4H3;7H,2-6H2,1H3;1H2/q+1;;/p-1. The van der Waals surface area contributed by atoms with Crippen LogP contribution in [0.25, 0.3) is 0 Å². The summed E-state index contributed by atoms with van der Waals surface area (Å²) in [7, 11) is 0. The molecule has 0 aromatic heterocycles. The van der Waals surface area contributed by atoms with E-state index in [1.54, 1.807) is 0 Å². The molecule has 0 saturated heterocycles. The maximum absolute atomic E-state index is 8.29. The molecule has 17 heavy (non-hydrogen) atoms. The summed E-state index contributed by atoms with van der Waals surface area (Å²) in [6, 6.07) is 0. The van der Waals surface area contributed by atoms with Crippen LogP contribution in [-0.4, -0.2) is 47.9 Å². The van der Waals surface area contributed by atoms with E-state index in [0.29, 0.717) is 6.61 Å². The second kappa shape index (κ2) is 15.9. The lowest BCUT2D eigenvalue weighted by Crippen LogP contribution is -2.47. The van der Waals surface area contributed by atoms with Crippen LogP contribution >= 0.6 is 0 Å². The minimum atomic E-state index is 0. The number of hydrogen-bond acceptors (Lipinski definition) is 2. The molecule has 0 saturated carbocycles. The molecule has 0 aromatic carbocycles. The third kappa shape index (κ3) is 12.1. The molecule has 0 radical (unpaired) electrons. The molecule has 0 spiro atoms. The van der Waals surface area contributed by atoms with E-state index in [9.17, 15) is 0 Å². The van der Waals surface area contributed by atoms with Crippen LogP contribution in [0.2, 0.25) is 0 Å². The minimum Gasteiger partial charge on any atom is -0.870 e. The molecular weight excluding hydrogens is 214 g/mol. The number of aliphatic hydroxyl groups is 1. The van der Waals surface area contributed by atoms with Crippen LogP contribution in [-0.2, 0) is 0 Å².